The lowest BCUT2D eigenvalue weighted by atomic mass is 10.1. The number of nitrogens with one attached hydrogen (secondary N) is 1. The Morgan fingerprint density at radius 3 is 2.71 bits per heavy atom. The van der Waals surface area contributed by atoms with E-state index in [0.29, 0.717) is 40.0 Å². The van der Waals surface area contributed by atoms with Gasteiger partial charge in [-0.1, -0.05) is 23.9 Å². The molecule has 1 aromatic carbocycles. The van der Waals surface area contributed by atoms with Crippen LogP contribution in [0.1, 0.15) is 18.7 Å². The average Bonchev–Trinajstić information content (AvgIpc) is 3.39. The summed E-state index contributed by atoms with van der Waals surface area (Å²) in [4.78, 5) is 34.4. The number of nitro benzene ring substituents is 1. The van der Waals surface area contributed by atoms with Gasteiger partial charge >= 0.3 is 0 Å². The predicted molar refractivity (Wildman–Crippen MR) is 130 cm³/mol. The summed E-state index contributed by atoms with van der Waals surface area (Å²) in [5.74, 6) is 1.53. The number of aromatic nitrogens is 4. The van der Waals surface area contributed by atoms with E-state index in [2.05, 4.69) is 20.3 Å². The van der Waals surface area contributed by atoms with E-state index in [1.807, 2.05) is 0 Å². The quantitative estimate of drug-likeness (QED) is 0.117. The molecule has 186 valence electrons. The minimum Gasteiger partial charge on any atom is -0.387 e. The molecular weight excluding hydrogens is 496 g/mol. The molecule has 1 fully saturated rings. The number of aliphatic hydroxyl groups excluding tert-OH is 2. The van der Waals surface area contributed by atoms with Crippen LogP contribution in [0.4, 0.5) is 5.69 Å². The molecule has 1 aliphatic heterocycles. The summed E-state index contributed by atoms with van der Waals surface area (Å²) in [5.41, 5.74) is 1.91. The number of carbonyl (C=O) groups excluding carboxylic acids is 1. The van der Waals surface area contributed by atoms with Crippen LogP contribution in [0.2, 0.25) is 0 Å². The van der Waals surface area contributed by atoms with Crippen LogP contribution in [0.5, 0.6) is 0 Å². The molecule has 12 nitrogen and oxygen atoms in total. The van der Waals surface area contributed by atoms with E-state index in [-0.39, 0.29) is 11.6 Å². The molecule has 0 radical (unpaired) electrons. The van der Waals surface area contributed by atoms with E-state index in [4.69, 9.17) is 4.74 Å². The molecule has 0 aliphatic carbocycles. The van der Waals surface area contributed by atoms with Gasteiger partial charge in [-0.15, -0.1) is 0 Å². The number of amides is 1. The summed E-state index contributed by atoms with van der Waals surface area (Å²) in [6, 6.07) is 6.30. The highest BCUT2D eigenvalue weighted by Crippen LogP contribution is 2.34. The van der Waals surface area contributed by atoms with Crippen molar-refractivity contribution in [1.82, 2.24) is 24.8 Å². The third-order valence-corrected chi connectivity index (χ3v) is 7.47. The second-order valence-corrected chi connectivity index (χ2v) is 9.93. The van der Waals surface area contributed by atoms with Crippen molar-refractivity contribution in [3.8, 4) is 0 Å². The first-order chi connectivity index (χ1) is 16.8. The Labute approximate surface area is 208 Å². The van der Waals surface area contributed by atoms with Gasteiger partial charge in [-0.25, -0.2) is 15.0 Å². The van der Waals surface area contributed by atoms with Crippen LogP contribution in [0, 0.1) is 10.1 Å². The molecule has 0 unspecified atom stereocenters. The van der Waals surface area contributed by atoms with Crippen molar-refractivity contribution in [2.75, 3.05) is 18.1 Å². The second kappa shape index (κ2) is 11.3. The number of benzene rings is 1. The SMILES string of the molecule is CC(=O)NCCSC[C@H]1O[C@@H](n2cnc3c(SCc4ccc([N+](=O)[O-])cc4)ncnc32)[C@H](O)[C@@H]1O. The summed E-state index contributed by atoms with van der Waals surface area (Å²) in [7, 11) is 0. The highest BCUT2D eigenvalue weighted by Gasteiger charge is 2.44. The van der Waals surface area contributed by atoms with E-state index < -0.39 is 29.5 Å². The zero-order valence-corrected chi connectivity index (χ0v) is 20.3. The van der Waals surface area contributed by atoms with Crippen molar-refractivity contribution in [1.29, 1.82) is 0 Å². The van der Waals surface area contributed by atoms with Gasteiger partial charge in [-0.3, -0.25) is 19.5 Å². The normalized spacial score (nSPS) is 21.9. The Kier molecular flexibility index (Phi) is 8.18. The Bertz CT molecular complexity index is 1190. The van der Waals surface area contributed by atoms with Crippen LogP contribution in [-0.4, -0.2) is 76.9 Å². The standard InChI is InChI=1S/C21H24N6O6S2/c1-12(28)22-6-7-34-9-15-17(29)18(30)21(33-15)26-11-25-16-19(26)23-10-24-20(16)35-8-13-2-4-14(5-3-13)27(31)32/h2-5,10-11,15,17-18,21,29-30H,6-9H2,1H3,(H,22,28)/t15-,17-,18-,21-/m1/s1. The fourth-order valence-corrected chi connectivity index (χ4v) is 5.40. The number of thioether (sulfide) groups is 2. The highest BCUT2D eigenvalue weighted by molar-refractivity contribution is 7.99. The van der Waals surface area contributed by atoms with E-state index in [0.717, 1.165) is 5.56 Å². The maximum Gasteiger partial charge on any atom is 0.269 e. The van der Waals surface area contributed by atoms with Crippen LogP contribution >= 0.6 is 23.5 Å². The Morgan fingerprint density at radius 1 is 1.23 bits per heavy atom. The van der Waals surface area contributed by atoms with Gasteiger partial charge in [0.25, 0.3) is 5.69 Å². The molecule has 0 bridgehead atoms. The van der Waals surface area contributed by atoms with Gasteiger partial charge in [-0.2, -0.15) is 11.8 Å². The number of rotatable bonds is 10. The first-order valence-electron chi connectivity index (χ1n) is 10.7. The van der Waals surface area contributed by atoms with Gasteiger partial charge in [-0.05, 0) is 5.56 Å². The monoisotopic (exact) mass is 520 g/mol. The van der Waals surface area contributed by atoms with Gasteiger partial charge in [0.15, 0.2) is 11.9 Å². The van der Waals surface area contributed by atoms with Crippen molar-refractivity contribution in [2.24, 2.45) is 0 Å². The number of hydrogen-bond acceptors (Lipinski definition) is 11. The largest absolute Gasteiger partial charge is 0.387 e. The topological polar surface area (TPSA) is 166 Å². The van der Waals surface area contributed by atoms with Crippen molar-refractivity contribution in [3.63, 3.8) is 0 Å². The molecule has 2 aromatic heterocycles. The summed E-state index contributed by atoms with van der Waals surface area (Å²) < 4.78 is 7.54. The first kappa shape index (κ1) is 25.3. The lowest BCUT2D eigenvalue weighted by molar-refractivity contribution is -0.384. The molecule has 3 N–H and O–H groups in total. The molecule has 1 aliphatic rings. The van der Waals surface area contributed by atoms with Crippen LogP contribution in [0.3, 0.4) is 0 Å². The summed E-state index contributed by atoms with van der Waals surface area (Å²) >= 11 is 2.92. The zero-order chi connectivity index (χ0) is 24.9. The van der Waals surface area contributed by atoms with Crippen LogP contribution in [0.15, 0.2) is 41.9 Å². The van der Waals surface area contributed by atoms with Crippen molar-refractivity contribution in [3.05, 3.63) is 52.6 Å². The fraction of sp³-hybridized carbons (Fsp3) is 0.429. The first-order valence-corrected chi connectivity index (χ1v) is 12.9. The van der Waals surface area contributed by atoms with Gasteiger partial charge < -0.3 is 20.3 Å². The number of non-ortho nitro benzene ring substituents is 1. The number of carbonyl (C=O) groups is 1. The molecule has 4 rings (SSSR count). The molecule has 4 atom stereocenters. The Morgan fingerprint density at radius 2 is 2.00 bits per heavy atom. The Balaban J connectivity index is 1.42. The fourth-order valence-electron chi connectivity index (χ4n) is 3.58. The lowest BCUT2D eigenvalue weighted by Crippen LogP contribution is -2.33. The number of aliphatic hydroxyl groups is 2. The third-order valence-electron chi connectivity index (χ3n) is 5.36. The molecule has 14 heteroatoms. The van der Waals surface area contributed by atoms with E-state index >= 15 is 0 Å². The minimum absolute atomic E-state index is 0.0312. The van der Waals surface area contributed by atoms with Gasteiger partial charge in [0, 0.05) is 42.9 Å². The van der Waals surface area contributed by atoms with E-state index in [1.54, 1.807) is 16.7 Å². The van der Waals surface area contributed by atoms with Gasteiger partial charge in [0.1, 0.15) is 29.1 Å². The molecule has 3 aromatic rings. The maximum absolute atomic E-state index is 11.0. The molecule has 1 saturated heterocycles. The van der Waals surface area contributed by atoms with E-state index in [1.165, 1.54) is 55.2 Å². The lowest BCUT2D eigenvalue weighted by Gasteiger charge is -2.16. The summed E-state index contributed by atoms with van der Waals surface area (Å²) in [6.45, 7) is 1.96. The number of ether oxygens (including phenoxy) is 1. The molecule has 35 heavy (non-hydrogen) atoms. The van der Waals surface area contributed by atoms with Crippen LogP contribution < -0.4 is 5.32 Å². The number of nitro groups is 1. The maximum atomic E-state index is 11.0. The van der Waals surface area contributed by atoms with E-state index in [9.17, 15) is 25.1 Å². The molecule has 0 saturated carbocycles. The number of nitrogens with zero attached hydrogens (tertiary/aromatic N) is 5. The smallest absolute Gasteiger partial charge is 0.269 e. The summed E-state index contributed by atoms with van der Waals surface area (Å²) in [5, 5.41) is 35.3. The predicted octanol–water partition coefficient (Wildman–Crippen LogP) is 1.52. The van der Waals surface area contributed by atoms with Gasteiger partial charge in [0.2, 0.25) is 5.91 Å². The number of fused-ring (bicyclic) bond motifs is 1. The van der Waals surface area contributed by atoms with Gasteiger partial charge in [0.05, 0.1) is 17.4 Å². The van der Waals surface area contributed by atoms with Crippen LogP contribution in [0.25, 0.3) is 11.2 Å². The molecule has 1 amide bonds. The third kappa shape index (κ3) is 5.90. The number of imidazole rings is 1. The highest BCUT2D eigenvalue weighted by atomic mass is 32.2. The molecular formula is C21H24N6O6S2. The summed E-state index contributed by atoms with van der Waals surface area (Å²) in [6.07, 6.45) is -0.803. The Hall–Kier alpha value is -2.78. The zero-order valence-electron chi connectivity index (χ0n) is 18.7. The van der Waals surface area contributed by atoms with Crippen molar-refractivity contribution >= 4 is 46.3 Å². The number of hydrogen-bond donors (Lipinski definition) is 3. The van der Waals surface area contributed by atoms with Crippen molar-refractivity contribution < 1.29 is 24.7 Å². The second-order valence-electron chi connectivity index (χ2n) is 7.82. The minimum atomic E-state index is -1.17. The molecule has 0 spiro atoms. The average molecular weight is 521 g/mol. The van der Waals surface area contributed by atoms with Crippen LogP contribution in [-0.2, 0) is 15.3 Å². The molecule has 3 heterocycles. The van der Waals surface area contributed by atoms with Crippen molar-refractivity contribution in [2.45, 2.75) is 42.2 Å².